The Morgan fingerprint density at radius 3 is 1.95 bits per heavy atom. The second-order valence-corrected chi connectivity index (χ2v) is 5.59. The molecule has 0 aromatic heterocycles. The lowest BCUT2D eigenvalue weighted by Gasteiger charge is -2.19. The fourth-order valence-electron chi connectivity index (χ4n) is 2.23. The van der Waals surface area contributed by atoms with Gasteiger partial charge in [0.15, 0.2) is 0 Å². The summed E-state index contributed by atoms with van der Waals surface area (Å²) >= 11 is 4.91. The van der Waals surface area contributed by atoms with Crippen molar-refractivity contribution in [3.8, 4) is 0 Å². The highest BCUT2D eigenvalue weighted by Crippen LogP contribution is 2.19. The molecular weight excluding hydrogens is 280 g/mol. The van der Waals surface area contributed by atoms with E-state index in [-0.39, 0.29) is 5.91 Å². The van der Waals surface area contributed by atoms with Crippen LogP contribution >= 0.6 is 12.2 Å². The first-order valence-electron chi connectivity index (χ1n) is 6.64. The van der Waals surface area contributed by atoms with Crippen molar-refractivity contribution in [1.82, 2.24) is 0 Å². The third-order valence-corrected chi connectivity index (χ3v) is 3.55. The number of thiocarbonyl (C=S) groups is 1. The minimum atomic E-state index is -0.0607. The van der Waals surface area contributed by atoms with E-state index in [1.165, 1.54) is 0 Å². The number of hydrogen-bond donors (Lipinski definition) is 1. The fraction of sp³-hybridized carbons (Fsp3) is 0.176. The number of nitrogens with zero attached hydrogens (tertiary/aromatic N) is 1. The van der Waals surface area contributed by atoms with Crippen LogP contribution in [0.3, 0.4) is 0 Å². The Morgan fingerprint density at radius 2 is 1.48 bits per heavy atom. The number of nitrogens with two attached hydrogens (primary N) is 1. The van der Waals surface area contributed by atoms with Crippen LogP contribution in [0.1, 0.15) is 27.0 Å². The highest BCUT2D eigenvalue weighted by atomic mass is 32.1. The maximum Gasteiger partial charge on any atom is 0.258 e. The highest BCUT2D eigenvalue weighted by Gasteiger charge is 2.14. The van der Waals surface area contributed by atoms with E-state index in [4.69, 9.17) is 18.0 Å². The average molecular weight is 298 g/mol. The van der Waals surface area contributed by atoms with E-state index >= 15 is 0 Å². The van der Waals surface area contributed by atoms with Crippen molar-refractivity contribution in [2.45, 2.75) is 13.8 Å². The van der Waals surface area contributed by atoms with Crippen LogP contribution in [-0.2, 0) is 0 Å². The molecule has 0 radical (unpaired) electrons. The van der Waals surface area contributed by atoms with E-state index < -0.39 is 0 Å². The van der Waals surface area contributed by atoms with Crippen LogP contribution in [0.2, 0.25) is 0 Å². The number of benzene rings is 2. The van der Waals surface area contributed by atoms with Gasteiger partial charge in [0.25, 0.3) is 5.91 Å². The minimum Gasteiger partial charge on any atom is -0.389 e. The van der Waals surface area contributed by atoms with Gasteiger partial charge >= 0.3 is 0 Å². The second kappa shape index (κ2) is 6.06. The Balaban J connectivity index is 2.28. The third-order valence-electron chi connectivity index (χ3n) is 3.31. The van der Waals surface area contributed by atoms with Crippen molar-refractivity contribution >= 4 is 28.8 Å². The van der Waals surface area contributed by atoms with Crippen LogP contribution < -0.4 is 10.6 Å². The molecule has 3 nitrogen and oxygen atoms in total. The lowest BCUT2D eigenvalue weighted by Crippen LogP contribution is -2.26. The molecule has 2 N–H and O–H groups in total. The van der Waals surface area contributed by atoms with Gasteiger partial charge < -0.3 is 10.6 Å². The van der Waals surface area contributed by atoms with E-state index in [1.54, 1.807) is 36.2 Å². The van der Waals surface area contributed by atoms with Crippen LogP contribution in [0.15, 0.2) is 42.5 Å². The third kappa shape index (κ3) is 3.47. The lowest BCUT2D eigenvalue weighted by atomic mass is 10.1. The van der Waals surface area contributed by atoms with E-state index in [1.807, 2.05) is 26.0 Å². The largest absolute Gasteiger partial charge is 0.389 e. The maximum atomic E-state index is 12.5. The summed E-state index contributed by atoms with van der Waals surface area (Å²) < 4.78 is 0. The molecule has 0 aliphatic heterocycles. The molecule has 0 saturated carbocycles. The molecule has 0 aliphatic carbocycles. The van der Waals surface area contributed by atoms with Crippen molar-refractivity contribution in [1.29, 1.82) is 0 Å². The van der Waals surface area contributed by atoms with Crippen molar-refractivity contribution in [2.24, 2.45) is 5.73 Å². The molecule has 0 fully saturated rings. The number of carbonyl (C=O) groups excluding carboxylic acids is 1. The van der Waals surface area contributed by atoms with Gasteiger partial charge in [-0.3, -0.25) is 4.79 Å². The molecular formula is C17H18N2OS. The molecule has 0 atom stereocenters. The van der Waals surface area contributed by atoms with Crippen molar-refractivity contribution in [2.75, 3.05) is 11.9 Å². The zero-order chi connectivity index (χ0) is 15.6. The molecule has 0 bridgehead atoms. The molecule has 0 saturated heterocycles. The van der Waals surface area contributed by atoms with E-state index in [0.29, 0.717) is 10.6 Å². The van der Waals surface area contributed by atoms with Gasteiger partial charge in [-0.25, -0.2) is 0 Å². The van der Waals surface area contributed by atoms with E-state index in [0.717, 1.165) is 22.4 Å². The lowest BCUT2D eigenvalue weighted by molar-refractivity contribution is 0.0993. The van der Waals surface area contributed by atoms with Crippen LogP contribution in [0.4, 0.5) is 5.69 Å². The molecule has 0 spiro atoms. The fourth-order valence-corrected chi connectivity index (χ4v) is 2.37. The zero-order valence-electron chi connectivity index (χ0n) is 12.4. The van der Waals surface area contributed by atoms with Crippen LogP contribution in [0.5, 0.6) is 0 Å². The number of amides is 1. The van der Waals surface area contributed by atoms with Crippen molar-refractivity contribution in [3.63, 3.8) is 0 Å². The van der Waals surface area contributed by atoms with Crippen LogP contribution in [-0.4, -0.2) is 17.9 Å². The summed E-state index contributed by atoms with van der Waals surface area (Å²) in [6.07, 6.45) is 0. The molecule has 2 rings (SSSR count). The van der Waals surface area contributed by atoms with Gasteiger partial charge in [-0.2, -0.15) is 0 Å². The second-order valence-electron chi connectivity index (χ2n) is 5.15. The molecule has 0 aliphatic rings. The topological polar surface area (TPSA) is 46.3 Å². The molecule has 4 heteroatoms. The minimum absolute atomic E-state index is 0.0607. The molecule has 2 aromatic carbocycles. The Labute approximate surface area is 130 Å². The van der Waals surface area contributed by atoms with Gasteiger partial charge in [0, 0.05) is 23.9 Å². The Morgan fingerprint density at radius 1 is 1.00 bits per heavy atom. The Kier molecular flexibility index (Phi) is 4.38. The summed E-state index contributed by atoms with van der Waals surface area (Å²) in [7, 11) is 1.78. The predicted octanol–water partition coefficient (Wildman–Crippen LogP) is 3.21. The van der Waals surface area contributed by atoms with Gasteiger partial charge in [-0.15, -0.1) is 0 Å². The first kappa shape index (κ1) is 15.2. The zero-order valence-corrected chi connectivity index (χ0v) is 13.2. The quantitative estimate of drug-likeness (QED) is 0.885. The standard InChI is InChI=1S/C17H18N2OS/c1-11-8-12(2)10-15(9-11)19(3)17(20)14-6-4-13(5-7-14)16(18)21/h4-10H,1-3H3,(H2,18,21). The molecule has 21 heavy (non-hydrogen) atoms. The molecule has 0 unspecified atom stereocenters. The summed E-state index contributed by atoms with van der Waals surface area (Å²) in [6, 6.07) is 13.1. The molecule has 0 heterocycles. The number of anilines is 1. The normalized spacial score (nSPS) is 10.2. The SMILES string of the molecule is Cc1cc(C)cc(N(C)C(=O)c2ccc(C(N)=S)cc2)c1. The van der Waals surface area contributed by atoms with Gasteiger partial charge in [0.1, 0.15) is 4.99 Å². The number of rotatable bonds is 3. The van der Waals surface area contributed by atoms with Gasteiger partial charge in [0.05, 0.1) is 0 Å². The van der Waals surface area contributed by atoms with Crippen LogP contribution in [0.25, 0.3) is 0 Å². The Bertz CT molecular complexity index is 672. The van der Waals surface area contributed by atoms with E-state index in [9.17, 15) is 4.79 Å². The first-order chi connectivity index (χ1) is 9.88. The molecule has 108 valence electrons. The van der Waals surface area contributed by atoms with Gasteiger partial charge in [-0.05, 0) is 49.2 Å². The van der Waals surface area contributed by atoms with Crippen molar-refractivity contribution in [3.05, 3.63) is 64.7 Å². The smallest absolute Gasteiger partial charge is 0.258 e. The monoisotopic (exact) mass is 298 g/mol. The summed E-state index contributed by atoms with van der Waals surface area (Å²) in [5.74, 6) is -0.0607. The highest BCUT2D eigenvalue weighted by molar-refractivity contribution is 7.80. The number of carbonyl (C=O) groups is 1. The summed E-state index contributed by atoms with van der Waals surface area (Å²) in [5.41, 5.74) is 10.1. The van der Waals surface area contributed by atoms with Crippen LogP contribution in [0, 0.1) is 13.8 Å². The predicted molar refractivity (Wildman–Crippen MR) is 91.0 cm³/mol. The van der Waals surface area contributed by atoms with Gasteiger partial charge in [0.2, 0.25) is 0 Å². The summed E-state index contributed by atoms with van der Waals surface area (Å²) in [6.45, 7) is 4.04. The number of aryl methyl sites for hydroxylation is 2. The first-order valence-corrected chi connectivity index (χ1v) is 7.05. The van der Waals surface area contributed by atoms with E-state index in [2.05, 4.69) is 6.07 Å². The molecule has 2 aromatic rings. The number of hydrogen-bond acceptors (Lipinski definition) is 2. The molecule has 1 amide bonds. The average Bonchev–Trinajstić information content (AvgIpc) is 2.44. The maximum absolute atomic E-state index is 12.5. The summed E-state index contributed by atoms with van der Waals surface area (Å²) in [5, 5.41) is 0. The van der Waals surface area contributed by atoms with Gasteiger partial charge in [-0.1, -0.05) is 30.4 Å². The summed E-state index contributed by atoms with van der Waals surface area (Å²) in [4.78, 5) is 14.5. The Hall–Kier alpha value is -2.20. The van der Waals surface area contributed by atoms with Crippen molar-refractivity contribution < 1.29 is 4.79 Å².